The number of halogens is 1. The maximum Gasteiger partial charge on any atom is 0.167 e. The number of rotatable bonds is 7. The van der Waals surface area contributed by atoms with Crippen LogP contribution in [0.1, 0.15) is 12.5 Å². The predicted octanol–water partition coefficient (Wildman–Crippen LogP) is 4.51. The second-order valence-electron chi connectivity index (χ2n) is 5.63. The van der Waals surface area contributed by atoms with E-state index in [1.165, 1.54) is 13.2 Å². The van der Waals surface area contributed by atoms with Gasteiger partial charge in [-0.3, -0.25) is 0 Å². The highest BCUT2D eigenvalue weighted by atomic mass is 19.1. The lowest BCUT2D eigenvalue weighted by atomic mass is 10.1. The first kappa shape index (κ1) is 18.6. The number of ether oxygens (including phenoxy) is 2. The van der Waals surface area contributed by atoms with Crippen molar-refractivity contribution in [2.75, 3.05) is 33.1 Å². The summed E-state index contributed by atoms with van der Waals surface area (Å²) in [5.41, 5.74) is 3.07. The summed E-state index contributed by atoms with van der Waals surface area (Å²) in [5, 5.41) is 3.21. The molecule has 0 aromatic heterocycles. The van der Waals surface area contributed by atoms with Crippen molar-refractivity contribution in [3.63, 3.8) is 0 Å². The molecule has 0 aliphatic carbocycles. The molecule has 5 nitrogen and oxygen atoms in total. The number of nitrogens with one attached hydrogen (secondary N) is 1. The lowest BCUT2D eigenvalue weighted by Crippen LogP contribution is -2.14. The van der Waals surface area contributed by atoms with Crippen molar-refractivity contribution in [2.24, 2.45) is 4.99 Å². The molecular weight excluding hydrogens is 321 g/mol. The van der Waals surface area contributed by atoms with Gasteiger partial charge in [0, 0.05) is 31.4 Å². The maximum absolute atomic E-state index is 14.0. The average molecular weight is 345 g/mol. The second kappa shape index (κ2) is 8.37. The minimum Gasteiger partial charge on any atom is -0.497 e. The molecule has 6 heteroatoms. The third-order valence-corrected chi connectivity index (χ3v) is 3.82. The van der Waals surface area contributed by atoms with Crippen LogP contribution in [0.25, 0.3) is 0 Å². The number of aliphatic imine (C=N–C) groups is 1. The molecule has 1 N–H and O–H groups in total. The first-order valence-corrected chi connectivity index (χ1v) is 8.02. The van der Waals surface area contributed by atoms with Crippen LogP contribution < -0.4 is 14.8 Å². The number of nitrogens with zero attached hydrogens (tertiary/aromatic N) is 2. The Balaban J connectivity index is 2.42. The fourth-order valence-corrected chi connectivity index (χ4v) is 2.27. The van der Waals surface area contributed by atoms with Gasteiger partial charge in [-0.2, -0.15) is 0 Å². The second-order valence-corrected chi connectivity index (χ2v) is 5.63. The first-order chi connectivity index (χ1) is 12.0. The number of hydrogen-bond donors (Lipinski definition) is 1. The Hall–Kier alpha value is -2.76. The lowest BCUT2D eigenvalue weighted by Gasteiger charge is -2.15. The zero-order valence-electron chi connectivity index (χ0n) is 15.3. The van der Waals surface area contributed by atoms with Gasteiger partial charge in [-0.25, -0.2) is 9.38 Å². The molecule has 0 spiro atoms. The highest BCUT2D eigenvalue weighted by Gasteiger charge is 2.10. The highest BCUT2D eigenvalue weighted by molar-refractivity contribution is 5.79. The molecule has 0 fully saturated rings. The molecule has 0 aliphatic heterocycles. The summed E-state index contributed by atoms with van der Waals surface area (Å²) in [6, 6.07) is 8.48. The molecule has 0 radical (unpaired) electrons. The molecule has 2 aromatic carbocycles. The van der Waals surface area contributed by atoms with Gasteiger partial charge in [0.1, 0.15) is 5.75 Å². The number of benzene rings is 2. The topological polar surface area (TPSA) is 46.1 Å². The van der Waals surface area contributed by atoms with Crippen molar-refractivity contribution in [2.45, 2.75) is 13.8 Å². The number of hydrogen-bond acceptors (Lipinski definition) is 4. The van der Waals surface area contributed by atoms with Crippen LogP contribution in [0.2, 0.25) is 0 Å². The molecule has 0 saturated carbocycles. The molecule has 0 heterocycles. The van der Waals surface area contributed by atoms with Crippen molar-refractivity contribution in [1.82, 2.24) is 4.90 Å². The number of anilines is 2. The average Bonchev–Trinajstić information content (AvgIpc) is 2.60. The van der Waals surface area contributed by atoms with Gasteiger partial charge < -0.3 is 19.7 Å². The van der Waals surface area contributed by atoms with E-state index >= 15 is 0 Å². The predicted molar refractivity (Wildman–Crippen MR) is 100 cm³/mol. The standard InChI is InChI=1S/C19H24FN3O2/c1-6-23(3)12-21-19-13(2)9-15(24-4)11-17(19)22-14-7-8-18(25-5)16(20)10-14/h7-12,22H,6H2,1-5H3. The molecule has 25 heavy (non-hydrogen) atoms. The van der Waals surface area contributed by atoms with Gasteiger partial charge in [0.05, 0.1) is 31.9 Å². The van der Waals surface area contributed by atoms with Crippen molar-refractivity contribution in [3.05, 3.63) is 41.7 Å². The molecule has 0 bridgehead atoms. The molecule has 0 amide bonds. The van der Waals surface area contributed by atoms with Crippen LogP contribution in [0.15, 0.2) is 35.3 Å². The van der Waals surface area contributed by atoms with Crippen LogP contribution >= 0.6 is 0 Å². The normalized spacial score (nSPS) is 10.8. The Morgan fingerprint density at radius 3 is 2.56 bits per heavy atom. The minimum absolute atomic E-state index is 0.204. The number of methoxy groups -OCH3 is 2. The van der Waals surface area contributed by atoms with Crippen molar-refractivity contribution >= 4 is 23.4 Å². The Bertz CT molecular complexity index is 763. The summed E-state index contributed by atoms with van der Waals surface area (Å²) in [7, 11) is 5.00. The van der Waals surface area contributed by atoms with E-state index in [-0.39, 0.29) is 5.75 Å². The van der Waals surface area contributed by atoms with Crippen LogP contribution in [0.4, 0.5) is 21.5 Å². The molecular formula is C19H24FN3O2. The SMILES string of the molecule is CCN(C)C=Nc1c(C)cc(OC)cc1Nc1ccc(OC)c(F)c1. The monoisotopic (exact) mass is 345 g/mol. The van der Waals surface area contributed by atoms with E-state index in [1.54, 1.807) is 25.6 Å². The van der Waals surface area contributed by atoms with E-state index in [0.29, 0.717) is 11.4 Å². The quantitative estimate of drug-likeness (QED) is 0.592. The molecule has 134 valence electrons. The van der Waals surface area contributed by atoms with Crippen molar-refractivity contribution in [1.29, 1.82) is 0 Å². The molecule has 2 aromatic rings. The highest BCUT2D eigenvalue weighted by Crippen LogP contribution is 2.36. The molecule has 0 aliphatic rings. The summed E-state index contributed by atoms with van der Waals surface area (Å²) < 4.78 is 24.2. The third kappa shape index (κ3) is 4.62. The van der Waals surface area contributed by atoms with E-state index < -0.39 is 5.82 Å². The lowest BCUT2D eigenvalue weighted by molar-refractivity contribution is 0.386. The van der Waals surface area contributed by atoms with Gasteiger partial charge in [0.25, 0.3) is 0 Å². The Morgan fingerprint density at radius 2 is 1.96 bits per heavy atom. The van der Waals surface area contributed by atoms with Gasteiger partial charge in [-0.05, 0) is 37.6 Å². The van der Waals surface area contributed by atoms with E-state index in [4.69, 9.17) is 9.47 Å². The van der Waals surface area contributed by atoms with E-state index in [0.717, 1.165) is 23.5 Å². The van der Waals surface area contributed by atoms with Gasteiger partial charge in [-0.1, -0.05) is 0 Å². The van der Waals surface area contributed by atoms with Crippen LogP contribution in [-0.2, 0) is 0 Å². The minimum atomic E-state index is -0.428. The molecule has 2 rings (SSSR count). The summed E-state index contributed by atoms with van der Waals surface area (Å²) in [5.74, 6) is 0.481. The van der Waals surface area contributed by atoms with E-state index in [9.17, 15) is 4.39 Å². The Labute approximate surface area is 148 Å². The van der Waals surface area contributed by atoms with Crippen LogP contribution in [-0.4, -0.2) is 39.1 Å². The summed E-state index contributed by atoms with van der Waals surface area (Å²) in [6.07, 6.45) is 1.77. The Kier molecular flexibility index (Phi) is 6.22. The zero-order chi connectivity index (χ0) is 18.4. The molecule has 0 saturated heterocycles. The Morgan fingerprint density at radius 1 is 1.20 bits per heavy atom. The number of aryl methyl sites for hydroxylation is 1. The van der Waals surface area contributed by atoms with Gasteiger partial charge >= 0.3 is 0 Å². The van der Waals surface area contributed by atoms with Crippen LogP contribution in [0, 0.1) is 12.7 Å². The third-order valence-electron chi connectivity index (χ3n) is 3.82. The van der Waals surface area contributed by atoms with Gasteiger partial charge in [-0.15, -0.1) is 0 Å². The van der Waals surface area contributed by atoms with Crippen molar-refractivity contribution < 1.29 is 13.9 Å². The van der Waals surface area contributed by atoms with Crippen molar-refractivity contribution in [3.8, 4) is 11.5 Å². The summed E-state index contributed by atoms with van der Waals surface area (Å²) in [6.45, 7) is 4.86. The largest absolute Gasteiger partial charge is 0.497 e. The first-order valence-electron chi connectivity index (χ1n) is 8.02. The fraction of sp³-hybridized carbons (Fsp3) is 0.316. The van der Waals surface area contributed by atoms with Crippen LogP contribution in [0.5, 0.6) is 11.5 Å². The summed E-state index contributed by atoms with van der Waals surface area (Å²) in [4.78, 5) is 6.54. The van der Waals surface area contributed by atoms with E-state index in [2.05, 4.69) is 10.3 Å². The molecule has 0 atom stereocenters. The maximum atomic E-state index is 14.0. The summed E-state index contributed by atoms with van der Waals surface area (Å²) >= 11 is 0. The van der Waals surface area contributed by atoms with Gasteiger partial charge in [0.15, 0.2) is 11.6 Å². The van der Waals surface area contributed by atoms with Gasteiger partial charge in [0.2, 0.25) is 0 Å². The smallest absolute Gasteiger partial charge is 0.167 e. The molecule has 0 unspecified atom stereocenters. The van der Waals surface area contributed by atoms with E-state index in [1.807, 2.05) is 37.9 Å². The fourth-order valence-electron chi connectivity index (χ4n) is 2.27. The zero-order valence-corrected chi connectivity index (χ0v) is 15.3. The van der Waals surface area contributed by atoms with Crippen LogP contribution in [0.3, 0.4) is 0 Å².